The zero-order valence-corrected chi connectivity index (χ0v) is 14.8. The first-order valence-electron chi connectivity index (χ1n) is 6.64. The molecule has 0 radical (unpaired) electrons. The highest BCUT2D eigenvalue weighted by molar-refractivity contribution is 9.11. The molecule has 0 saturated carbocycles. The van der Waals surface area contributed by atoms with Crippen molar-refractivity contribution in [3.8, 4) is 5.75 Å². The van der Waals surface area contributed by atoms with Gasteiger partial charge < -0.3 is 15.2 Å². The Bertz CT molecular complexity index is 636. The van der Waals surface area contributed by atoms with Gasteiger partial charge in [0.15, 0.2) is 0 Å². The monoisotopic (exact) mass is 457 g/mol. The van der Waals surface area contributed by atoms with E-state index in [-0.39, 0.29) is 25.8 Å². The van der Waals surface area contributed by atoms with Crippen LogP contribution in [0.2, 0.25) is 0 Å². The molecule has 1 aromatic carbocycles. The molecule has 0 aromatic heterocycles. The van der Waals surface area contributed by atoms with Crippen LogP contribution in [0.15, 0.2) is 26.8 Å². The molecule has 1 heterocycles. The van der Waals surface area contributed by atoms with E-state index in [1.807, 2.05) is 0 Å². The summed E-state index contributed by atoms with van der Waals surface area (Å²) in [5.74, 6) is -1.02. The van der Waals surface area contributed by atoms with Crippen molar-refractivity contribution in [1.29, 1.82) is 0 Å². The SMILES string of the molecule is O=C1NCCCCC(O)=C1c1c(Br)cc(OC(F)(F)F)cc1Br. The molecule has 1 aromatic rings. The van der Waals surface area contributed by atoms with Gasteiger partial charge in [-0.05, 0) is 56.8 Å². The van der Waals surface area contributed by atoms with Crippen LogP contribution >= 0.6 is 31.9 Å². The average Bonchev–Trinajstić information content (AvgIpc) is 2.38. The molecule has 1 amide bonds. The van der Waals surface area contributed by atoms with Crippen LogP contribution in [0, 0.1) is 0 Å². The third-order valence-corrected chi connectivity index (χ3v) is 4.39. The number of nitrogens with one attached hydrogen (secondary N) is 1. The van der Waals surface area contributed by atoms with Crippen molar-refractivity contribution < 1.29 is 27.8 Å². The maximum absolute atomic E-state index is 12.3. The third kappa shape index (κ3) is 4.63. The number of rotatable bonds is 2. The topological polar surface area (TPSA) is 58.6 Å². The summed E-state index contributed by atoms with van der Waals surface area (Å²) in [6, 6.07) is 2.19. The molecule has 0 fully saturated rings. The van der Waals surface area contributed by atoms with E-state index in [1.165, 1.54) is 0 Å². The van der Waals surface area contributed by atoms with Crippen LogP contribution in [0.3, 0.4) is 0 Å². The molecule has 1 aliphatic heterocycles. The Hall–Kier alpha value is -1.22. The van der Waals surface area contributed by atoms with Crippen molar-refractivity contribution in [2.75, 3.05) is 6.54 Å². The normalized spacial score (nSPS) is 16.7. The molecule has 0 bridgehead atoms. The molecule has 2 rings (SSSR count). The summed E-state index contributed by atoms with van der Waals surface area (Å²) in [5, 5.41) is 12.8. The van der Waals surface area contributed by atoms with Gasteiger partial charge >= 0.3 is 6.36 Å². The van der Waals surface area contributed by atoms with Gasteiger partial charge in [-0.25, -0.2) is 0 Å². The van der Waals surface area contributed by atoms with Crippen molar-refractivity contribution in [3.63, 3.8) is 0 Å². The first kappa shape index (κ1) is 18.1. The van der Waals surface area contributed by atoms with Crippen molar-refractivity contribution in [3.05, 3.63) is 32.4 Å². The number of hydrogen-bond donors (Lipinski definition) is 2. The molecule has 9 heteroatoms. The van der Waals surface area contributed by atoms with Crippen LogP contribution in [0.4, 0.5) is 13.2 Å². The number of alkyl halides is 3. The summed E-state index contributed by atoms with van der Waals surface area (Å²) >= 11 is 6.28. The lowest BCUT2D eigenvalue weighted by Gasteiger charge is -2.18. The molecule has 0 saturated heterocycles. The minimum Gasteiger partial charge on any atom is -0.511 e. The summed E-state index contributed by atoms with van der Waals surface area (Å²) in [6.07, 6.45) is -3.06. The molecule has 2 N–H and O–H groups in total. The van der Waals surface area contributed by atoms with Crippen LogP contribution in [-0.2, 0) is 4.79 Å². The van der Waals surface area contributed by atoms with Gasteiger partial charge in [0.25, 0.3) is 5.91 Å². The lowest BCUT2D eigenvalue weighted by molar-refractivity contribution is -0.274. The Morgan fingerprint density at radius 1 is 1.17 bits per heavy atom. The van der Waals surface area contributed by atoms with Crippen LogP contribution in [0.5, 0.6) is 5.75 Å². The zero-order valence-electron chi connectivity index (χ0n) is 11.6. The number of aliphatic hydroxyl groups is 1. The Kier molecular flexibility index (Phi) is 5.61. The van der Waals surface area contributed by atoms with Gasteiger partial charge in [-0.15, -0.1) is 13.2 Å². The van der Waals surface area contributed by atoms with E-state index in [1.54, 1.807) is 0 Å². The molecule has 1 aliphatic rings. The molecular formula is C14H12Br2F3NO3. The number of benzene rings is 1. The average molecular weight is 459 g/mol. The molecule has 0 spiro atoms. The molecular weight excluding hydrogens is 447 g/mol. The van der Waals surface area contributed by atoms with E-state index < -0.39 is 18.0 Å². The zero-order chi connectivity index (χ0) is 17.2. The first-order chi connectivity index (χ1) is 10.7. The lowest BCUT2D eigenvalue weighted by Crippen LogP contribution is -2.28. The summed E-state index contributed by atoms with van der Waals surface area (Å²) in [6.45, 7) is 0.472. The van der Waals surface area contributed by atoms with Crippen molar-refractivity contribution in [2.24, 2.45) is 0 Å². The van der Waals surface area contributed by atoms with Gasteiger partial charge in [-0.1, -0.05) is 0 Å². The summed E-state index contributed by atoms with van der Waals surface area (Å²) in [5.41, 5.74) is 0.304. The Morgan fingerprint density at radius 3 is 2.35 bits per heavy atom. The number of halogens is 5. The van der Waals surface area contributed by atoms with Gasteiger partial charge in [0.05, 0.1) is 5.57 Å². The van der Waals surface area contributed by atoms with Crippen LogP contribution in [-0.4, -0.2) is 23.9 Å². The second-order valence-corrected chi connectivity index (χ2v) is 6.55. The largest absolute Gasteiger partial charge is 0.573 e. The lowest BCUT2D eigenvalue weighted by atomic mass is 9.99. The number of aliphatic hydroxyl groups excluding tert-OH is 1. The quantitative estimate of drug-likeness (QED) is 0.676. The molecule has 4 nitrogen and oxygen atoms in total. The van der Waals surface area contributed by atoms with E-state index in [9.17, 15) is 23.1 Å². The number of allylic oxidation sites excluding steroid dienone is 1. The number of carbonyl (C=O) groups excluding carboxylic acids is 1. The standard InChI is InChI=1S/C14H12Br2F3NO3/c15-8-5-7(23-14(17,18)19)6-9(16)11(8)12-10(21)3-1-2-4-20-13(12)22/h5-6,21H,1-4H2,(H,20,22). The predicted octanol–water partition coefficient (Wildman–Crippen LogP) is 4.68. The van der Waals surface area contributed by atoms with Crippen molar-refractivity contribution in [1.82, 2.24) is 5.32 Å². The van der Waals surface area contributed by atoms with E-state index in [0.717, 1.165) is 18.6 Å². The maximum atomic E-state index is 12.3. The van der Waals surface area contributed by atoms with Crippen LogP contribution in [0.25, 0.3) is 5.57 Å². The number of hydrogen-bond acceptors (Lipinski definition) is 3. The van der Waals surface area contributed by atoms with E-state index in [0.29, 0.717) is 19.4 Å². The maximum Gasteiger partial charge on any atom is 0.573 e. The summed E-state index contributed by atoms with van der Waals surface area (Å²) in [4.78, 5) is 12.2. The molecule has 0 aliphatic carbocycles. The number of carbonyl (C=O) groups is 1. The highest BCUT2D eigenvalue weighted by Gasteiger charge is 2.32. The number of amides is 1. The van der Waals surface area contributed by atoms with Crippen molar-refractivity contribution >= 4 is 43.3 Å². The Labute approximate surface area is 147 Å². The second kappa shape index (κ2) is 7.12. The summed E-state index contributed by atoms with van der Waals surface area (Å²) < 4.78 is 41.2. The second-order valence-electron chi connectivity index (χ2n) is 4.84. The number of ether oxygens (including phenoxy) is 1. The van der Waals surface area contributed by atoms with Gasteiger partial charge in [0.1, 0.15) is 11.5 Å². The highest BCUT2D eigenvalue weighted by Crippen LogP contribution is 2.39. The van der Waals surface area contributed by atoms with Gasteiger partial charge in [-0.3, -0.25) is 4.79 Å². The first-order valence-corrected chi connectivity index (χ1v) is 8.23. The fourth-order valence-electron chi connectivity index (χ4n) is 2.20. The van der Waals surface area contributed by atoms with Crippen LogP contribution < -0.4 is 10.1 Å². The van der Waals surface area contributed by atoms with Gasteiger partial charge in [0, 0.05) is 27.5 Å². The molecule has 0 atom stereocenters. The van der Waals surface area contributed by atoms with Crippen molar-refractivity contribution in [2.45, 2.75) is 25.6 Å². The third-order valence-electron chi connectivity index (χ3n) is 3.14. The van der Waals surface area contributed by atoms with E-state index in [4.69, 9.17) is 0 Å². The fourth-order valence-corrected chi connectivity index (χ4v) is 3.74. The smallest absolute Gasteiger partial charge is 0.511 e. The molecule has 126 valence electrons. The Balaban J connectivity index is 2.50. The van der Waals surface area contributed by atoms with Gasteiger partial charge in [-0.2, -0.15) is 0 Å². The minimum atomic E-state index is -4.82. The fraction of sp³-hybridized carbons (Fsp3) is 0.357. The Morgan fingerprint density at radius 2 is 1.78 bits per heavy atom. The van der Waals surface area contributed by atoms with E-state index >= 15 is 0 Å². The predicted molar refractivity (Wildman–Crippen MR) is 84.9 cm³/mol. The van der Waals surface area contributed by atoms with Gasteiger partial charge in [0.2, 0.25) is 0 Å². The van der Waals surface area contributed by atoms with Crippen LogP contribution in [0.1, 0.15) is 24.8 Å². The molecule has 0 unspecified atom stereocenters. The highest BCUT2D eigenvalue weighted by atomic mass is 79.9. The minimum absolute atomic E-state index is 0.0296. The molecule has 23 heavy (non-hydrogen) atoms. The van der Waals surface area contributed by atoms with E-state index in [2.05, 4.69) is 41.9 Å². The summed E-state index contributed by atoms with van der Waals surface area (Å²) in [7, 11) is 0.